The van der Waals surface area contributed by atoms with Gasteiger partial charge in [-0.2, -0.15) is 0 Å². The van der Waals surface area contributed by atoms with E-state index in [0.29, 0.717) is 28.2 Å². The molecule has 1 saturated carbocycles. The molecule has 1 fully saturated rings. The number of fused-ring (bicyclic) bond motifs is 1. The van der Waals surface area contributed by atoms with Gasteiger partial charge in [-0.3, -0.25) is 9.36 Å². The maximum absolute atomic E-state index is 13.2. The Morgan fingerprint density at radius 1 is 1.28 bits per heavy atom. The van der Waals surface area contributed by atoms with Crippen LogP contribution < -0.4 is 5.56 Å². The second kappa shape index (κ2) is 7.57. The molecule has 0 aliphatic heterocycles. The number of tetrazole rings is 1. The van der Waals surface area contributed by atoms with Crippen molar-refractivity contribution in [3.63, 3.8) is 0 Å². The summed E-state index contributed by atoms with van der Waals surface area (Å²) in [5.41, 5.74) is 1.78. The molecule has 29 heavy (non-hydrogen) atoms. The first-order valence-electron chi connectivity index (χ1n) is 9.35. The molecule has 0 bridgehead atoms. The van der Waals surface area contributed by atoms with Crippen molar-refractivity contribution in [2.24, 2.45) is 0 Å². The quantitative estimate of drug-likeness (QED) is 0.255. The van der Waals surface area contributed by atoms with Gasteiger partial charge in [-0.15, -0.1) is 23.0 Å². The summed E-state index contributed by atoms with van der Waals surface area (Å²) in [4.78, 5) is 19.0. The molecule has 0 unspecified atom stereocenters. The lowest BCUT2D eigenvalue weighted by atomic mass is 10.2. The van der Waals surface area contributed by atoms with Crippen LogP contribution in [0.1, 0.15) is 24.7 Å². The van der Waals surface area contributed by atoms with Gasteiger partial charge in [0.2, 0.25) is 0 Å². The van der Waals surface area contributed by atoms with Crippen molar-refractivity contribution in [3.8, 4) is 10.4 Å². The number of benzene rings is 1. The number of hydrogen-bond donors (Lipinski definition) is 0. The fraction of sp³-hybridized carbons (Fsp3) is 0.250. The normalized spacial score (nSPS) is 13.8. The summed E-state index contributed by atoms with van der Waals surface area (Å²) in [6.45, 7) is 4.21. The number of nitrogens with zero attached hydrogens (tertiary/aromatic N) is 6. The zero-order valence-electron chi connectivity index (χ0n) is 15.6. The highest BCUT2D eigenvalue weighted by Gasteiger charge is 2.28. The Morgan fingerprint density at radius 2 is 2.10 bits per heavy atom. The van der Waals surface area contributed by atoms with Crippen LogP contribution >= 0.6 is 23.1 Å². The monoisotopic (exact) mass is 422 g/mol. The molecule has 0 radical (unpaired) electrons. The number of aromatic nitrogens is 6. The number of hydrogen-bond acceptors (Lipinski definition) is 7. The lowest BCUT2D eigenvalue weighted by Crippen LogP contribution is -2.22. The number of thioether (sulfide) groups is 1. The fourth-order valence-electron chi connectivity index (χ4n) is 3.17. The number of thiophene rings is 1. The average molecular weight is 423 g/mol. The maximum Gasteiger partial charge on any atom is 0.272 e. The summed E-state index contributed by atoms with van der Waals surface area (Å²) in [6.07, 6.45) is 3.95. The molecule has 1 aromatic carbocycles. The van der Waals surface area contributed by atoms with Crippen molar-refractivity contribution in [1.29, 1.82) is 0 Å². The SMILES string of the molecule is C=CCn1c(SCc2nnnn2C2CC2)nc2cc(-c3ccccc3)sc2c1=O. The molecule has 1 aliphatic carbocycles. The van der Waals surface area contributed by atoms with Gasteiger partial charge >= 0.3 is 0 Å². The van der Waals surface area contributed by atoms with Crippen molar-refractivity contribution in [1.82, 2.24) is 29.8 Å². The van der Waals surface area contributed by atoms with Gasteiger partial charge in [0, 0.05) is 11.4 Å². The minimum absolute atomic E-state index is 0.0358. The van der Waals surface area contributed by atoms with Crippen LogP contribution in [-0.2, 0) is 12.3 Å². The maximum atomic E-state index is 13.2. The van der Waals surface area contributed by atoms with E-state index < -0.39 is 0 Å². The minimum atomic E-state index is -0.0358. The predicted molar refractivity (Wildman–Crippen MR) is 115 cm³/mol. The molecule has 0 spiro atoms. The first kappa shape index (κ1) is 18.3. The van der Waals surface area contributed by atoms with Gasteiger partial charge in [0.05, 0.1) is 17.3 Å². The molecule has 0 amide bonds. The predicted octanol–water partition coefficient (Wildman–Crippen LogP) is 3.92. The molecule has 9 heteroatoms. The van der Waals surface area contributed by atoms with E-state index in [0.717, 1.165) is 34.6 Å². The summed E-state index contributed by atoms with van der Waals surface area (Å²) < 4.78 is 4.23. The van der Waals surface area contributed by atoms with Crippen LogP contribution in [0.3, 0.4) is 0 Å². The Labute approximate surface area is 175 Å². The summed E-state index contributed by atoms with van der Waals surface area (Å²) in [5, 5.41) is 12.7. The second-order valence-electron chi connectivity index (χ2n) is 6.85. The highest BCUT2D eigenvalue weighted by Crippen LogP contribution is 2.36. The summed E-state index contributed by atoms with van der Waals surface area (Å²) in [7, 11) is 0. The van der Waals surface area contributed by atoms with Crippen LogP contribution in [0.2, 0.25) is 0 Å². The van der Waals surface area contributed by atoms with Crippen molar-refractivity contribution in [2.45, 2.75) is 36.3 Å². The van der Waals surface area contributed by atoms with Crippen LogP contribution in [0, 0.1) is 0 Å². The smallest absolute Gasteiger partial charge is 0.272 e. The zero-order valence-corrected chi connectivity index (χ0v) is 17.2. The third kappa shape index (κ3) is 3.51. The van der Waals surface area contributed by atoms with E-state index in [1.54, 1.807) is 10.6 Å². The van der Waals surface area contributed by atoms with E-state index in [-0.39, 0.29) is 5.56 Å². The average Bonchev–Trinajstić information content (AvgIpc) is 3.32. The highest BCUT2D eigenvalue weighted by molar-refractivity contribution is 7.98. The van der Waals surface area contributed by atoms with E-state index >= 15 is 0 Å². The Balaban J connectivity index is 1.53. The van der Waals surface area contributed by atoms with Crippen molar-refractivity contribution < 1.29 is 0 Å². The number of rotatable bonds is 7. The third-order valence-corrected chi connectivity index (χ3v) is 6.89. The molecule has 1 aliphatic rings. The minimum Gasteiger partial charge on any atom is -0.282 e. The lowest BCUT2D eigenvalue weighted by Gasteiger charge is -2.09. The summed E-state index contributed by atoms with van der Waals surface area (Å²) in [5.74, 6) is 1.38. The third-order valence-electron chi connectivity index (χ3n) is 4.75. The van der Waals surface area contributed by atoms with Crippen LogP contribution in [-0.4, -0.2) is 29.8 Å². The fourth-order valence-corrected chi connectivity index (χ4v) is 5.15. The van der Waals surface area contributed by atoms with Gasteiger partial charge in [0.25, 0.3) is 5.56 Å². The van der Waals surface area contributed by atoms with E-state index in [2.05, 4.69) is 22.1 Å². The highest BCUT2D eigenvalue weighted by atomic mass is 32.2. The Kier molecular flexibility index (Phi) is 4.76. The molecule has 5 rings (SSSR count). The van der Waals surface area contributed by atoms with Crippen LogP contribution in [0.5, 0.6) is 0 Å². The van der Waals surface area contributed by atoms with E-state index in [4.69, 9.17) is 4.98 Å². The van der Waals surface area contributed by atoms with Gasteiger partial charge < -0.3 is 0 Å². The zero-order chi connectivity index (χ0) is 19.8. The van der Waals surface area contributed by atoms with Crippen molar-refractivity contribution in [2.75, 3.05) is 0 Å². The molecule has 0 saturated heterocycles. The van der Waals surface area contributed by atoms with Gasteiger partial charge in [-0.25, -0.2) is 9.67 Å². The molecular formula is C20H18N6OS2. The molecule has 0 atom stereocenters. The van der Waals surface area contributed by atoms with Crippen molar-refractivity contribution >= 4 is 33.3 Å². The second-order valence-corrected chi connectivity index (χ2v) is 8.84. The first-order valence-corrected chi connectivity index (χ1v) is 11.1. The van der Waals surface area contributed by atoms with Gasteiger partial charge in [0.1, 0.15) is 4.70 Å². The standard InChI is InChI=1S/C20H18N6OS2/c1-2-10-25-19(27)18-15(11-16(29-18)13-6-4-3-5-7-13)21-20(25)28-12-17-22-23-24-26(17)14-8-9-14/h2-7,11,14H,1,8-10,12H2. The lowest BCUT2D eigenvalue weighted by molar-refractivity contribution is 0.593. The Morgan fingerprint density at radius 3 is 2.86 bits per heavy atom. The molecule has 3 aromatic heterocycles. The number of allylic oxidation sites excluding steroid dienone is 1. The van der Waals surface area contributed by atoms with Gasteiger partial charge in [-0.1, -0.05) is 48.2 Å². The summed E-state index contributed by atoms with van der Waals surface area (Å²) >= 11 is 2.96. The van der Waals surface area contributed by atoms with Crippen LogP contribution in [0.25, 0.3) is 20.7 Å². The van der Waals surface area contributed by atoms with Crippen LogP contribution in [0.4, 0.5) is 0 Å². The first-order chi connectivity index (χ1) is 14.2. The largest absolute Gasteiger partial charge is 0.282 e. The molecule has 3 heterocycles. The molecular weight excluding hydrogens is 404 g/mol. The van der Waals surface area contributed by atoms with E-state index in [1.165, 1.54) is 23.1 Å². The van der Waals surface area contributed by atoms with E-state index in [9.17, 15) is 4.79 Å². The molecule has 146 valence electrons. The molecule has 4 aromatic rings. The molecule has 7 nitrogen and oxygen atoms in total. The van der Waals surface area contributed by atoms with Crippen molar-refractivity contribution in [3.05, 3.63) is 65.2 Å². The van der Waals surface area contributed by atoms with E-state index in [1.807, 2.05) is 41.1 Å². The Bertz CT molecular complexity index is 1240. The molecule has 0 N–H and O–H groups in total. The van der Waals surface area contributed by atoms with Crippen LogP contribution in [0.15, 0.2) is 59.0 Å². The topological polar surface area (TPSA) is 78.5 Å². The van der Waals surface area contributed by atoms with Gasteiger partial charge in [-0.05, 0) is 34.9 Å². The summed E-state index contributed by atoms with van der Waals surface area (Å²) in [6, 6.07) is 12.5. The van der Waals surface area contributed by atoms with Gasteiger partial charge in [0.15, 0.2) is 11.0 Å². The Hall–Kier alpha value is -2.78.